The molecule has 0 saturated carbocycles. The van der Waals surface area contributed by atoms with Gasteiger partial charge in [0.1, 0.15) is 5.82 Å². The lowest BCUT2D eigenvalue weighted by Crippen LogP contribution is -2.39. The molecule has 0 saturated heterocycles. The minimum absolute atomic E-state index is 0.00619. The normalized spacial score (nSPS) is 15.6. The van der Waals surface area contributed by atoms with Gasteiger partial charge in [0.2, 0.25) is 0 Å². The van der Waals surface area contributed by atoms with Crippen molar-refractivity contribution in [2.24, 2.45) is 7.05 Å². The van der Waals surface area contributed by atoms with Crippen molar-refractivity contribution >= 4 is 17.5 Å². The molecule has 0 spiro atoms. The van der Waals surface area contributed by atoms with Crippen LogP contribution in [0.3, 0.4) is 0 Å². The van der Waals surface area contributed by atoms with Crippen molar-refractivity contribution in [3.05, 3.63) is 93.8 Å². The zero-order chi connectivity index (χ0) is 24.0. The highest BCUT2D eigenvalue weighted by Crippen LogP contribution is 2.35. The number of aryl methyl sites for hydroxylation is 1. The van der Waals surface area contributed by atoms with Crippen LogP contribution in [-0.2, 0) is 13.6 Å². The van der Waals surface area contributed by atoms with Crippen molar-refractivity contribution in [1.29, 1.82) is 0 Å². The van der Waals surface area contributed by atoms with E-state index in [1.165, 1.54) is 22.4 Å². The van der Waals surface area contributed by atoms with Crippen LogP contribution in [0.1, 0.15) is 58.6 Å². The number of benzene rings is 2. The first-order valence-corrected chi connectivity index (χ1v) is 11.5. The Balaban J connectivity index is 1.54. The first-order valence-electron chi connectivity index (χ1n) is 11.1. The highest BCUT2D eigenvalue weighted by atomic mass is 35.5. The quantitative estimate of drug-likeness (QED) is 0.426. The summed E-state index contributed by atoms with van der Waals surface area (Å²) in [6.07, 6.45) is 3.84. The van der Waals surface area contributed by atoms with E-state index in [1.54, 1.807) is 10.7 Å². The molecule has 2 aromatic heterocycles. The maximum absolute atomic E-state index is 13.8. The Morgan fingerprint density at radius 1 is 1.21 bits per heavy atom. The molecular weight excluding hydrogens is 455 g/mol. The second-order valence-electron chi connectivity index (χ2n) is 8.87. The van der Waals surface area contributed by atoms with E-state index >= 15 is 0 Å². The van der Waals surface area contributed by atoms with Crippen LogP contribution in [0.5, 0.6) is 0 Å². The third-order valence-electron chi connectivity index (χ3n) is 6.20. The highest BCUT2D eigenvalue weighted by Gasteiger charge is 2.33. The first-order chi connectivity index (χ1) is 16.3. The van der Waals surface area contributed by atoms with Crippen molar-refractivity contribution in [2.75, 3.05) is 6.54 Å². The standard InChI is InChI=1S/C25H24ClFN6O/c1-15(2)24-23(29-30-33(24)22-9-8-18(27)10-21(22)26)25(34)32-13-16-6-4-5-7-19(16)20(14-32)17-11-28-31(3)12-17/h4-12,15,20H,13-14H2,1-3H3. The number of fused-ring (bicyclic) bond motifs is 1. The Morgan fingerprint density at radius 2 is 2.00 bits per heavy atom. The fraction of sp³-hybridized carbons (Fsp3) is 0.280. The molecule has 5 rings (SSSR count). The van der Waals surface area contributed by atoms with Crippen LogP contribution >= 0.6 is 11.6 Å². The molecule has 7 nitrogen and oxygen atoms in total. The molecule has 1 aliphatic rings. The Kier molecular flexibility index (Phi) is 5.69. The minimum Gasteiger partial charge on any atom is -0.332 e. The van der Waals surface area contributed by atoms with Gasteiger partial charge in [0.15, 0.2) is 5.69 Å². The van der Waals surface area contributed by atoms with Crippen LogP contribution in [0.2, 0.25) is 5.02 Å². The van der Waals surface area contributed by atoms with E-state index in [0.717, 1.165) is 11.1 Å². The fourth-order valence-electron chi connectivity index (χ4n) is 4.61. The summed E-state index contributed by atoms with van der Waals surface area (Å²) in [5.74, 6) is -0.700. The summed E-state index contributed by atoms with van der Waals surface area (Å²) in [7, 11) is 1.88. The predicted octanol–water partition coefficient (Wildman–Crippen LogP) is 4.70. The second-order valence-corrected chi connectivity index (χ2v) is 9.28. The summed E-state index contributed by atoms with van der Waals surface area (Å²) >= 11 is 6.29. The third kappa shape index (κ3) is 3.88. The molecule has 0 fully saturated rings. The van der Waals surface area contributed by atoms with Gasteiger partial charge in [-0.2, -0.15) is 5.10 Å². The number of amides is 1. The molecular formula is C25H24ClFN6O. The maximum Gasteiger partial charge on any atom is 0.276 e. The van der Waals surface area contributed by atoms with Gasteiger partial charge < -0.3 is 4.90 Å². The number of nitrogens with zero attached hydrogens (tertiary/aromatic N) is 6. The summed E-state index contributed by atoms with van der Waals surface area (Å²) in [4.78, 5) is 15.6. The average molecular weight is 479 g/mol. The summed E-state index contributed by atoms with van der Waals surface area (Å²) in [5.41, 5.74) is 4.74. The van der Waals surface area contributed by atoms with Gasteiger partial charge in [-0.1, -0.05) is 54.9 Å². The lowest BCUT2D eigenvalue weighted by atomic mass is 9.86. The van der Waals surface area contributed by atoms with Crippen LogP contribution in [0.15, 0.2) is 54.9 Å². The van der Waals surface area contributed by atoms with Gasteiger partial charge in [-0.15, -0.1) is 5.10 Å². The fourth-order valence-corrected chi connectivity index (χ4v) is 4.85. The SMILES string of the molecule is CC(C)c1c(C(=O)N2Cc3ccccc3C(c3cnn(C)c3)C2)nnn1-c1ccc(F)cc1Cl. The lowest BCUT2D eigenvalue weighted by molar-refractivity contribution is 0.0717. The summed E-state index contributed by atoms with van der Waals surface area (Å²) in [6.45, 7) is 4.91. The number of aromatic nitrogens is 5. The molecule has 4 aromatic rings. The topological polar surface area (TPSA) is 68.8 Å². The third-order valence-corrected chi connectivity index (χ3v) is 6.50. The number of hydrogen-bond acceptors (Lipinski definition) is 4. The molecule has 0 N–H and O–H groups in total. The molecule has 0 radical (unpaired) electrons. The van der Waals surface area contributed by atoms with Gasteiger partial charge in [-0.05, 0) is 40.8 Å². The van der Waals surface area contributed by atoms with E-state index in [2.05, 4.69) is 27.5 Å². The molecule has 3 heterocycles. The van der Waals surface area contributed by atoms with Gasteiger partial charge in [-0.3, -0.25) is 9.48 Å². The summed E-state index contributed by atoms with van der Waals surface area (Å²) in [6, 6.07) is 12.3. The molecule has 174 valence electrons. The number of carbonyl (C=O) groups excluding carboxylic acids is 1. The van der Waals surface area contributed by atoms with Crippen LogP contribution < -0.4 is 0 Å². The lowest BCUT2D eigenvalue weighted by Gasteiger charge is -2.34. The van der Waals surface area contributed by atoms with Crippen molar-refractivity contribution in [2.45, 2.75) is 32.2 Å². The van der Waals surface area contributed by atoms with Crippen molar-refractivity contribution in [1.82, 2.24) is 29.7 Å². The van der Waals surface area contributed by atoms with E-state index in [4.69, 9.17) is 11.6 Å². The smallest absolute Gasteiger partial charge is 0.276 e. The van der Waals surface area contributed by atoms with Crippen LogP contribution in [0, 0.1) is 5.82 Å². The Hall–Kier alpha value is -3.52. The Morgan fingerprint density at radius 3 is 2.71 bits per heavy atom. The molecule has 1 unspecified atom stereocenters. The zero-order valence-electron chi connectivity index (χ0n) is 19.1. The van der Waals surface area contributed by atoms with Gasteiger partial charge in [0.05, 0.1) is 22.6 Å². The average Bonchev–Trinajstić information content (AvgIpc) is 3.44. The second kappa shape index (κ2) is 8.68. The molecule has 2 aromatic carbocycles. The van der Waals surface area contributed by atoms with Crippen molar-refractivity contribution in [3.8, 4) is 5.69 Å². The van der Waals surface area contributed by atoms with E-state index in [-0.39, 0.29) is 28.5 Å². The number of rotatable bonds is 4. The number of hydrogen-bond donors (Lipinski definition) is 0. The molecule has 34 heavy (non-hydrogen) atoms. The van der Waals surface area contributed by atoms with E-state index in [9.17, 15) is 9.18 Å². The number of halogens is 2. The molecule has 0 aliphatic carbocycles. The zero-order valence-corrected chi connectivity index (χ0v) is 19.9. The highest BCUT2D eigenvalue weighted by molar-refractivity contribution is 6.32. The summed E-state index contributed by atoms with van der Waals surface area (Å²) in [5, 5.41) is 13.0. The number of carbonyl (C=O) groups is 1. The molecule has 1 amide bonds. The van der Waals surface area contributed by atoms with Gasteiger partial charge in [0, 0.05) is 32.3 Å². The van der Waals surface area contributed by atoms with E-state index < -0.39 is 5.82 Å². The first kappa shape index (κ1) is 22.3. The van der Waals surface area contributed by atoms with Crippen molar-refractivity contribution in [3.63, 3.8) is 0 Å². The van der Waals surface area contributed by atoms with Gasteiger partial charge in [-0.25, -0.2) is 9.07 Å². The van der Waals surface area contributed by atoms with Crippen molar-refractivity contribution < 1.29 is 9.18 Å². The van der Waals surface area contributed by atoms with E-state index in [0.29, 0.717) is 24.5 Å². The van der Waals surface area contributed by atoms with Gasteiger partial charge >= 0.3 is 0 Å². The monoisotopic (exact) mass is 478 g/mol. The van der Waals surface area contributed by atoms with Gasteiger partial charge in [0.25, 0.3) is 5.91 Å². The molecule has 1 aliphatic heterocycles. The Labute approximate surface area is 201 Å². The van der Waals surface area contributed by atoms with E-state index in [1.807, 2.05) is 50.3 Å². The largest absolute Gasteiger partial charge is 0.332 e. The predicted molar refractivity (Wildman–Crippen MR) is 127 cm³/mol. The molecule has 1 atom stereocenters. The van der Waals surface area contributed by atoms with Crippen LogP contribution in [-0.4, -0.2) is 42.1 Å². The Bertz CT molecular complexity index is 1380. The minimum atomic E-state index is -0.440. The molecule has 0 bridgehead atoms. The maximum atomic E-state index is 13.8. The van der Waals surface area contributed by atoms with Crippen LogP contribution in [0.4, 0.5) is 4.39 Å². The molecule has 9 heteroatoms. The summed E-state index contributed by atoms with van der Waals surface area (Å²) < 4.78 is 16.9. The van der Waals surface area contributed by atoms with Crippen LogP contribution in [0.25, 0.3) is 5.69 Å².